The maximum Gasteiger partial charge on any atom is 0.346 e. The van der Waals surface area contributed by atoms with Crippen molar-refractivity contribution in [2.75, 3.05) is 5.32 Å². The number of rotatable bonds is 3. The Morgan fingerprint density at radius 2 is 2.25 bits per heavy atom. The number of aromatic nitrogens is 2. The summed E-state index contributed by atoms with van der Waals surface area (Å²) in [6.07, 6.45) is 0. The van der Waals surface area contributed by atoms with Gasteiger partial charge in [-0.2, -0.15) is 5.10 Å². The number of H-pyrrole nitrogens is 1. The van der Waals surface area contributed by atoms with Gasteiger partial charge in [0, 0.05) is 5.56 Å². The van der Waals surface area contributed by atoms with Crippen LogP contribution in [-0.2, 0) is 0 Å². The van der Waals surface area contributed by atoms with Crippen LogP contribution in [0, 0.1) is 6.92 Å². The van der Waals surface area contributed by atoms with E-state index in [0.717, 1.165) is 11.3 Å². The van der Waals surface area contributed by atoms with Crippen LogP contribution in [0.3, 0.4) is 0 Å². The van der Waals surface area contributed by atoms with Crippen molar-refractivity contribution in [1.82, 2.24) is 10.2 Å². The lowest BCUT2D eigenvalue weighted by Gasteiger charge is -1.98. The van der Waals surface area contributed by atoms with Crippen LogP contribution >= 0.6 is 22.7 Å². The van der Waals surface area contributed by atoms with E-state index in [4.69, 9.17) is 5.11 Å². The maximum atomic E-state index is 12.0. The minimum atomic E-state index is -0.979. The summed E-state index contributed by atoms with van der Waals surface area (Å²) in [6, 6.07) is 3.50. The van der Waals surface area contributed by atoms with E-state index < -0.39 is 5.97 Å². The second-order valence-electron chi connectivity index (χ2n) is 4.07. The Hall–Kier alpha value is -2.19. The summed E-state index contributed by atoms with van der Waals surface area (Å²) >= 11 is 2.43. The number of carboxylic acid groups (broad SMARTS) is 1. The third-order valence-corrected chi connectivity index (χ3v) is 4.97. The molecule has 6 nitrogen and oxygen atoms in total. The summed E-state index contributed by atoms with van der Waals surface area (Å²) in [5.74, 6) is -0.872. The Labute approximate surface area is 121 Å². The first-order valence-corrected chi connectivity index (χ1v) is 7.33. The van der Waals surface area contributed by atoms with Gasteiger partial charge in [-0.1, -0.05) is 6.07 Å². The molecule has 0 bridgehead atoms. The van der Waals surface area contributed by atoms with Gasteiger partial charge in [0.1, 0.15) is 4.88 Å². The molecule has 0 saturated heterocycles. The molecule has 0 spiro atoms. The average molecular weight is 307 g/mol. The lowest BCUT2D eigenvalue weighted by atomic mass is 10.2. The van der Waals surface area contributed by atoms with Gasteiger partial charge in [0.25, 0.3) is 5.91 Å². The molecule has 3 aromatic heterocycles. The molecule has 0 atom stereocenters. The molecule has 0 aliphatic carbocycles. The van der Waals surface area contributed by atoms with Crippen molar-refractivity contribution in [1.29, 1.82) is 0 Å². The van der Waals surface area contributed by atoms with Gasteiger partial charge in [0.05, 0.1) is 15.1 Å². The molecular formula is C12H9N3O3S2. The zero-order chi connectivity index (χ0) is 14.3. The standard InChI is InChI=1S/C12H9N3O3S2/c1-5-7-9(20-8(5)12(17)18)10(15-14-7)13-11(16)6-3-2-4-19-6/h2-4H,1H3,(H,17,18)(H2,13,14,15,16). The van der Waals surface area contributed by atoms with Crippen molar-refractivity contribution in [3.05, 3.63) is 32.8 Å². The number of aromatic amines is 1. The number of aromatic carboxylic acids is 1. The predicted octanol–water partition coefficient (Wildman–Crippen LogP) is 2.94. The van der Waals surface area contributed by atoms with Gasteiger partial charge in [0.2, 0.25) is 0 Å². The Morgan fingerprint density at radius 1 is 1.45 bits per heavy atom. The smallest absolute Gasteiger partial charge is 0.346 e. The summed E-state index contributed by atoms with van der Waals surface area (Å²) < 4.78 is 0.643. The first kappa shape index (κ1) is 12.8. The molecular weight excluding hydrogens is 298 g/mol. The number of carbonyl (C=O) groups excluding carboxylic acids is 1. The molecule has 0 fully saturated rings. The second kappa shape index (κ2) is 4.73. The van der Waals surface area contributed by atoms with Crippen LogP contribution in [0.25, 0.3) is 10.2 Å². The van der Waals surface area contributed by atoms with Gasteiger partial charge in [-0.15, -0.1) is 22.7 Å². The Morgan fingerprint density at radius 3 is 2.90 bits per heavy atom. The average Bonchev–Trinajstić information content (AvgIpc) is 3.09. The van der Waals surface area contributed by atoms with Crippen molar-refractivity contribution in [3.8, 4) is 0 Å². The second-order valence-corrected chi connectivity index (χ2v) is 6.04. The highest BCUT2D eigenvalue weighted by molar-refractivity contribution is 7.21. The van der Waals surface area contributed by atoms with Crippen molar-refractivity contribution in [2.45, 2.75) is 6.92 Å². The summed E-state index contributed by atoms with van der Waals surface area (Å²) in [6.45, 7) is 1.71. The SMILES string of the molecule is Cc1c(C(=O)O)sc2c(NC(=O)c3cccs3)n[nH]c12. The number of aryl methyl sites for hydroxylation is 1. The molecule has 0 aliphatic rings. The van der Waals surface area contributed by atoms with E-state index in [2.05, 4.69) is 15.5 Å². The highest BCUT2D eigenvalue weighted by atomic mass is 32.1. The van der Waals surface area contributed by atoms with Gasteiger partial charge in [0.15, 0.2) is 5.82 Å². The zero-order valence-corrected chi connectivity index (χ0v) is 11.9. The van der Waals surface area contributed by atoms with Crippen LogP contribution in [0.15, 0.2) is 17.5 Å². The number of nitrogens with zero attached hydrogens (tertiary/aromatic N) is 1. The molecule has 3 rings (SSSR count). The quantitative estimate of drug-likeness (QED) is 0.693. The van der Waals surface area contributed by atoms with E-state index in [9.17, 15) is 9.59 Å². The number of hydrogen-bond acceptors (Lipinski definition) is 5. The fourth-order valence-electron chi connectivity index (χ4n) is 1.84. The minimum Gasteiger partial charge on any atom is -0.477 e. The van der Waals surface area contributed by atoms with Crippen LogP contribution in [0.4, 0.5) is 5.82 Å². The van der Waals surface area contributed by atoms with E-state index in [0.29, 0.717) is 26.5 Å². The van der Waals surface area contributed by atoms with Crippen molar-refractivity contribution in [3.63, 3.8) is 0 Å². The van der Waals surface area contributed by atoms with Crippen LogP contribution in [0.5, 0.6) is 0 Å². The van der Waals surface area contributed by atoms with E-state index in [1.165, 1.54) is 11.3 Å². The number of carboxylic acids is 1. The fourth-order valence-corrected chi connectivity index (χ4v) is 3.50. The largest absolute Gasteiger partial charge is 0.477 e. The first-order chi connectivity index (χ1) is 9.58. The van der Waals surface area contributed by atoms with Crippen LogP contribution in [-0.4, -0.2) is 27.2 Å². The van der Waals surface area contributed by atoms with Crippen molar-refractivity contribution >= 4 is 50.6 Å². The molecule has 0 aromatic carbocycles. The van der Waals surface area contributed by atoms with Crippen molar-refractivity contribution in [2.24, 2.45) is 0 Å². The lowest BCUT2D eigenvalue weighted by Crippen LogP contribution is -2.10. The fraction of sp³-hybridized carbons (Fsp3) is 0.0833. The monoisotopic (exact) mass is 307 g/mol. The Kier molecular flexibility index (Phi) is 3.03. The van der Waals surface area contributed by atoms with Crippen LogP contribution in [0.2, 0.25) is 0 Å². The number of carbonyl (C=O) groups is 2. The molecule has 8 heteroatoms. The summed E-state index contributed by atoms with van der Waals surface area (Å²) in [4.78, 5) is 23.9. The van der Waals surface area contributed by atoms with Crippen LogP contribution < -0.4 is 5.32 Å². The molecule has 1 amide bonds. The highest BCUT2D eigenvalue weighted by Gasteiger charge is 2.20. The molecule has 3 heterocycles. The van der Waals surface area contributed by atoms with Gasteiger partial charge >= 0.3 is 5.97 Å². The Bertz CT molecular complexity index is 801. The van der Waals surface area contributed by atoms with E-state index in [1.807, 2.05) is 5.38 Å². The number of amides is 1. The molecule has 0 unspecified atom stereocenters. The predicted molar refractivity (Wildman–Crippen MR) is 77.9 cm³/mol. The van der Waals surface area contributed by atoms with E-state index in [-0.39, 0.29) is 10.8 Å². The third kappa shape index (κ3) is 1.98. The molecule has 20 heavy (non-hydrogen) atoms. The molecule has 0 radical (unpaired) electrons. The topological polar surface area (TPSA) is 95.1 Å². The third-order valence-electron chi connectivity index (χ3n) is 2.81. The van der Waals surface area contributed by atoms with Gasteiger partial charge in [-0.05, 0) is 18.4 Å². The van der Waals surface area contributed by atoms with Gasteiger partial charge in [-0.3, -0.25) is 9.89 Å². The summed E-state index contributed by atoms with van der Waals surface area (Å²) in [7, 11) is 0. The van der Waals surface area contributed by atoms with Gasteiger partial charge in [-0.25, -0.2) is 4.79 Å². The summed E-state index contributed by atoms with van der Waals surface area (Å²) in [5, 5.41) is 20.4. The molecule has 0 aliphatic heterocycles. The zero-order valence-electron chi connectivity index (χ0n) is 10.3. The molecule has 102 valence electrons. The number of thiophene rings is 2. The minimum absolute atomic E-state index is 0.250. The summed E-state index contributed by atoms with van der Waals surface area (Å²) in [5.41, 5.74) is 1.27. The lowest BCUT2D eigenvalue weighted by molar-refractivity contribution is 0.0701. The number of fused-ring (bicyclic) bond motifs is 1. The van der Waals surface area contributed by atoms with E-state index >= 15 is 0 Å². The molecule has 3 N–H and O–H groups in total. The highest BCUT2D eigenvalue weighted by Crippen LogP contribution is 2.34. The normalized spacial score (nSPS) is 10.8. The Balaban J connectivity index is 1.98. The van der Waals surface area contributed by atoms with E-state index in [1.54, 1.807) is 19.1 Å². The first-order valence-electron chi connectivity index (χ1n) is 5.63. The van der Waals surface area contributed by atoms with Gasteiger partial charge < -0.3 is 10.4 Å². The number of hydrogen-bond donors (Lipinski definition) is 3. The number of nitrogens with one attached hydrogen (secondary N) is 2. The number of anilines is 1. The van der Waals surface area contributed by atoms with Crippen molar-refractivity contribution < 1.29 is 14.7 Å². The van der Waals surface area contributed by atoms with Crippen LogP contribution in [0.1, 0.15) is 24.9 Å². The maximum absolute atomic E-state index is 12.0. The molecule has 3 aromatic rings. The molecule has 0 saturated carbocycles.